The zero-order valence-electron chi connectivity index (χ0n) is 39.0. The van der Waals surface area contributed by atoms with Crippen molar-refractivity contribution in [3.8, 4) is 0 Å². The van der Waals surface area contributed by atoms with Crippen molar-refractivity contribution in [2.24, 2.45) is 11.8 Å². The fourth-order valence-electron chi connectivity index (χ4n) is 7.64. The fraction of sp³-hybridized carbons (Fsp3) is 0.941. The van der Waals surface area contributed by atoms with E-state index in [9.17, 15) is 14.4 Å². The van der Waals surface area contributed by atoms with E-state index in [0.29, 0.717) is 19.3 Å². The number of carbonyl (C=O) groups excluding carboxylic acids is 3. The maximum absolute atomic E-state index is 12.8. The summed E-state index contributed by atoms with van der Waals surface area (Å²) in [5.74, 6) is 0.722. The van der Waals surface area contributed by atoms with Gasteiger partial charge in [-0.1, -0.05) is 240 Å². The maximum atomic E-state index is 12.8. The Bertz CT molecular complexity index is 870. The highest BCUT2D eigenvalue weighted by atomic mass is 16.6. The molecule has 0 spiro atoms. The smallest absolute Gasteiger partial charge is 0.306 e. The Labute approximate surface area is 355 Å². The molecule has 0 saturated heterocycles. The van der Waals surface area contributed by atoms with Gasteiger partial charge in [-0.05, 0) is 31.1 Å². The average Bonchev–Trinajstić information content (AvgIpc) is 3.18. The van der Waals surface area contributed by atoms with Gasteiger partial charge < -0.3 is 14.2 Å². The van der Waals surface area contributed by atoms with Crippen LogP contribution >= 0.6 is 0 Å². The molecule has 0 aliphatic heterocycles. The van der Waals surface area contributed by atoms with Crippen LogP contribution in [0.1, 0.15) is 279 Å². The number of unbranched alkanes of at least 4 members (excludes halogenated alkanes) is 30. The molecule has 0 aliphatic carbocycles. The minimum Gasteiger partial charge on any atom is -0.462 e. The zero-order chi connectivity index (χ0) is 41.9. The van der Waals surface area contributed by atoms with Crippen LogP contribution in [0.5, 0.6) is 0 Å². The first kappa shape index (κ1) is 55.4. The molecule has 0 aromatic rings. The van der Waals surface area contributed by atoms with Crippen LogP contribution in [0.15, 0.2) is 0 Å². The van der Waals surface area contributed by atoms with Gasteiger partial charge in [0.2, 0.25) is 0 Å². The van der Waals surface area contributed by atoms with Gasteiger partial charge in [0.25, 0.3) is 0 Å². The second-order valence-electron chi connectivity index (χ2n) is 18.4. The molecule has 0 amide bonds. The summed E-state index contributed by atoms with van der Waals surface area (Å²) in [6.07, 6.45) is 43.9. The summed E-state index contributed by atoms with van der Waals surface area (Å²) in [5.41, 5.74) is 0. The highest BCUT2D eigenvalue weighted by Crippen LogP contribution is 2.17. The molecule has 0 radical (unpaired) electrons. The van der Waals surface area contributed by atoms with Gasteiger partial charge in [-0.3, -0.25) is 14.4 Å². The van der Waals surface area contributed by atoms with Crippen molar-refractivity contribution in [3.05, 3.63) is 0 Å². The molecule has 1 atom stereocenters. The monoisotopic (exact) mass is 807 g/mol. The Balaban J connectivity index is 4.27. The second kappa shape index (κ2) is 44.0. The topological polar surface area (TPSA) is 78.9 Å². The lowest BCUT2D eigenvalue weighted by atomic mass is 10.0. The highest BCUT2D eigenvalue weighted by molar-refractivity contribution is 5.71. The van der Waals surface area contributed by atoms with E-state index in [1.54, 1.807) is 0 Å². The van der Waals surface area contributed by atoms with E-state index in [2.05, 4.69) is 34.6 Å². The molecule has 6 nitrogen and oxygen atoms in total. The minimum absolute atomic E-state index is 0.0653. The molecule has 6 heteroatoms. The zero-order valence-corrected chi connectivity index (χ0v) is 39.0. The predicted molar refractivity (Wildman–Crippen MR) is 243 cm³/mol. The summed E-state index contributed by atoms with van der Waals surface area (Å²) in [7, 11) is 0. The van der Waals surface area contributed by atoms with E-state index in [1.807, 2.05) is 0 Å². The summed E-state index contributed by atoms with van der Waals surface area (Å²) in [4.78, 5) is 37.8. The Morgan fingerprint density at radius 2 is 0.579 bits per heavy atom. The van der Waals surface area contributed by atoms with Gasteiger partial charge in [-0.25, -0.2) is 0 Å². The normalized spacial score (nSPS) is 12.1. The molecule has 0 aliphatic rings. The van der Waals surface area contributed by atoms with Crippen molar-refractivity contribution in [1.29, 1.82) is 0 Å². The molecule has 0 unspecified atom stereocenters. The number of esters is 3. The number of hydrogen-bond donors (Lipinski definition) is 0. The molecule has 0 aromatic heterocycles. The fourth-order valence-corrected chi connectivity index (χ4v) is 7.64. The average molecular weight is 807 g/mol. The SMILES string of the molecule is CCCCCCCCCCCCCCCCCCCCC(=O)O[C@@H](COC(=O)CCCCCCCCCCC(C)C)COC(=O)CCCCCCCCCC(C)C. The van der Waals surface area contributed by atoms with Gasteiger partial charge in [0.05, 0.1) is 0 Å². The number of carbonyl (C=O) groups is 3. The molecular weight excluding hydrogens is 709 g/mol. The summed E-state index contributed by atoms with van der Waals surface area (Å²) in [5, 5.41) is 0. The summed E-state index contributed by atoms with van der Waals surface area (Å²) in [6.45, 7) is 11.3. The van der Waals surface area contributed by atoms with Crippen LogP contribution in [-0.2, 0) is 28.6 Å². The summed E-state index contributed by atoms with van der Waals surface area (Å²) >= 11 is 0. The molecule has 57 heavy (non-hydrogen) atoms. The van der Waals surface area contributed by atoms with Crippen molar-refractivity contribution in [2.45, 2.75) is 285 Å². The van der Waals surface area contributed by atoms with Crippen molar-refractivity contribution in [2.75, 3.05) is 13.2 Å². The number of rotatable bonds is 45. The molecule has 0 rings (SSSR count). The molecule has 0 heterocycles. The predicted octanol–water partition coefficient (Wildman–Crippen LogP) is 16.1. The Hall–Kier alpha value is -1.59. The number of ether oxygens (including phenoxy) is 3. The van der Waals surface area contributed by atoms with Crippen molar-refractivity contribution in [3.63, 3.8) is 0 Å². The van der Waals surface area contributed by atoms with E-state index >= 15 is 0 Å². The first-order valence-electron chi connectivity index (χ1n) is 25.2. The van der Waals surface area contributed by atoms with Gasteiger partial charge >= 0.3 is 17.9 Å². The molecule has 0 N–H and O–H groups in total. The van der Waals surface area contributed by atoms with Gasteiger partial charge in [-0.2, -0.15) is 0 Å². The van der Waals surface area contributed by atoms with E-state index < -0.39 is 6.10 Å². The van der Waals surface area contributed by atoms with E-state index in [0.717, 1.165) is 69.6 Å². The third-order valence-corrected chi connectivity index (χ3v) is 11.5. The lowest BCUT2D eigenvalue weighted by Crippen LogP contribution is -2.30. The van der Waals surface area contributed by atoms with Crippen LogP contribution in [0.2, 0.25) is 0 Å². The minimum atomic E-state index is -0.762. The van der Waals surface area contributed by atoms with Crippen LogP contribution in [0, 0.1) is 11.8 Å². The van der Waals surface area contributed by atoms with Crippen molar-refractivity contribution in [1.82, 2.24) is 0 Å². The molecule has 338 valence electrons. The van der Waals surface area contributed by atoms with E-state index in [4.69, 9.17) is 14.2 Å². The lowest BCUT2D eigenvalue weighted by Gasteiger charge is -2.18. The summed E-state index contributed by atoms with van der Waals surface area (Å²) in [6, 6.07) is 0. The number of hydrogen-bond acceptors (Lipinski definition) is 6. The van der Waals surface area contributed by atoms with Crippen LogP contribution < -0.4 is 0 Å². The molecular formula is C51H98O6. The highest BCUT2D eigenvalue weighted by Gasteiger charge is 2.19. The first-order chi connectivity index (χ1) is 27.7. The third kappa shape index (κ3) is 45.3. The van der Waals surface area contributed by atoms with Gasteiger partial charge in [0.1, 0.15) is 13.2 Å². The second-order valence-corrected chi connectivity index (χ2v) is 18.4. The van der Waals surface area contributed by atoms with E-state index in [1.165, 1.54) is 167 Å². The third-order valence-electron chi connectivity index (χ3n) is 11.5. The Morgan fingerprint density at radius 1 is 0.333 bits per heavy atom. The maximum Gasteiger partial charge on any atom is 0.306 e. The van der Waals surface area contributed by atoms with E-state index in [-0.39, 0.29) is 31.1 Å². The van der Waals surface area contributed by atoms with Crippen LogP contribution in [0.25, 0.3) is 0 Å². The molecule has 0 saturated carbocycles. The van der Waals surface area contributed by atoms with Crippen molar-refractivity contribution >= 4 is 17.9 Å². The standard InChI is InChI=1S/C51H98O6/c1-6-7-8-9-10-11-12-13-14-15-16-17-18-19-20-27-33-38-43-51(54)57-48(45-56-50(53)42-37-32-28-23-25-30-35-40-47(4)5)44-55-49(52)41-36-31-26-22-21-24-29-34-39-46(2)3/h46-48H,6-45H2,1-5H3/t48-/m0/s1. The first-order valence-corrected chi connectivity index (χ1v) is 25.2. The summed E-state index contributed by atoms with van der Waals surface area (Å²) < 4.78 is 16.8. The van der Waals surface area contributed by atoms with Gasteiger partial charge in [0, 0.05) is 19.3 Å². The van der Waals surface area contributed by atoms with Crippen LogP contribution in [0.4, 0.5) is 0 Å². The Kier molecular flexibility index (Phi) is 42.7. The quantitative estimate of drug-likeness (QED) is 0.0346. The van der Waals surface area contributed by atoms with Gasteiger partial charge in [0.15, 0.2) is 6.10 Å². The van der Waals surface area contributed by atoms with Gasteiger partial charge in [-0.15, -0.1) is 0 Å². The molecule has 0 bridgehead atoms. The molecule has 0 aromatic carbocycles. The largest absolute Gasteiger partial charge is 0.462 e. The molecule has 0 fully saturated rings. The lowest BCUT2D eigenvalue weighted by molar-refractivity contribution is -0.167. The Morgan fingerprint density at radius 3 is 0.860 bits per heavy atom. The van der Waals surface area contributed by atoms with Crippen LogP contribution in [-0.4, -0.2) is 37.2 Å². The van der Waals surface area contributed by atoms with Crippen LogP contribution in [0.3, 0.4) is 0 Å². The van der Waals surface area contributed by atoms with Crippen molar-refractivity contribution < 1.29 is 28.6 Å².